The molecule has 3 N–H and O–H groups in total. The Morgan fingerprint density at radius 2 is 1.53 bits per heavy atom. The van der Waals surface area contributed by atoms with Gasteiger partial charge in [-0.05, 0) is 42.5 Å². The van der Waals surface area contributed by atoms with Gasteiger partial charge in [-0.2, -0.15) is 0 Å². The number of thiocarbonyl (C=S) groups is 1. The second-order valence-electron chi connectivity index (χ2n) is 7.86. The monoisotopic (exact) mass is 591 g/mol. The minimum Gasteiger partial charge on any atom is -0.339 e. The number of para-hydroxylation sites is 2. The quantitative estimate of drug-likeness (QED) is 0.0928. The Labute approximate surface area is 236 Å². The van der Waals surface area contributed by atoms with Gasteiger partial charge in [0.15, 0.2) is 5.11 Å². The average Bonchev–Trinajstić information content (AvgIpc) is 3.13. The van der Waals surface area contributed by atoms with Gasteiger partial charge in [0.05, 0.1) is 27.4 Å². The lowest BCUT2D eigenvalue weighted by atomic mass is 10.1. The Morgan fingerprint density at radius 1 is 0.921 bits per heavy atom. The Kier molecular flexibility index (Phi) is 7.83. The van der Waals surface area contributed by atoms with Crippen LogP contribution in [0.2, 0.25) is 0 Å². The molecule has 1 unspecified atom stereocenters. The minimum atomic E-state index is -2.11. The molecule has 14 heteroatoms. The van der Waals surface area contributed by atoms with Gasteiger partial charge in [0, 0.05) is 17.7 Å². The van der Waals surface area contributed by atoms with E-state index < -0.39 is 32.6 Å². The number of fused-ring (bicyclic) bond motifs is 1. The molecule has 0 aliphatic carbocycles. The molecule has 194 valence electrons. The molecule has 3 aromatic rings. The van der Waals surface area contributed by atoms with Crippen LogP contribution < -0.4 is 20.9 Å². The van der Waals surface area contributed by atoms with Gasteiger partial charge < -0.3 is 16.0 Å². The summed E-state index contributed by atoms with van der Waals surface area (Å²) in [7, 11) is 0. The summed E-state index contributed by atoms with van der Waals surface area (Å²) in [5.74, 6) is -1.77. The molecule has 0 aromatic heterocycles. The van der Waals surface area contributed by atoms with Gasteiger partial charge >= 0.3 is 0 Å². The summed E-state index contributed by atoms with van der Waals surface area (Å²) >= 11 is 23.5. The van der Waals surface area contributed by atoms with Crippen molar-refractivity contribution in [2.75, 3.05) is 10.2 Å². The second-order valence-corrected chi connectivity index (χ2v) is 10.6. The number of carbonyl (C=O) groups excluding carboxylic acids is 3. The number of alkyl halides is 3. The summed E-state index contributed by atoms with van der Waals surface area (Å²) in [4.78, 5) is 50.1. The van der Waals surface area contributed by atoms with Crippen molar-refractivity contribution in [3.8, 4) is 0 Å². The number of hydrogen-bond acceptors (Lipinski definition) is 6. The number of amides is 3. The van der Waals surface area contributed by atoms with Crippen molar-refractivity contribution in [3.05, 3.63) is 99.6 Å². The molecule has 0 radical (unpaired) electrons. The van der Waals surface area contributed by atoms with Crippen molar-refractivity contribution in [1.82, 2.24) is 10.6 Å². The first-order valence-electron chi connectivity index (χ1n) is 10.7. The van der Waals surface area contributed by atoms with E-state index in [1.807, 2.05) is 0 Å². The first kappa shape index (κ1) is 27.3. The number of nitrogens with one attached hydrogen (secondary N) is 3. The Balaban J connectivity index is 1.52. The fourth-order valence-corrected chi connectivity index (χ4v) is 4.20. The van der Waals surface area contributed by atoms with Crippen LogP contribution in [-0.4, -0.2) is 37.7 Å². The number of nitro groups is 1. The predicted octanol–water partition coefficient (Wildman–Crippen LogP) is 4.81. The number of rotatable bonds is 6. The Bertz CT molecular complexity index is 1440. The molecule has 1 aliphatic rings. The molecule has 0 bridgehead atoms. The third kappa shape index (κ3) is 5.70. The van der Waals surface area contributed by atoms with Gasteiger partial charge in [-0.1, -0.05) is 65.1 Å². The maximum absolute atomic E-state index is 13.0. The third-order valence-electron chi connectivity index (χ3n) is 5.38. The number of carbonyl (C=O) groups is 3. The van der Waals surface area contributed by atoms with Gasteiger partial charge in [-0.3, -0.25) is 24.5 Å². The van der Waals surface area contributed by atoms with Crippen LogP contribution >= 0.6 is 47.0 Å². The largest absolute Gasteiger partial charge is 0.339 e. The van der Waals surface area contributed by atoms with Gasteiger partial charge in [0.1, 0.15) is 6.17 Å². The van der Waals surface area contributed by atoms with E-state index >= 15 is 0 Å². The van der Waals surface area contributed by atoms with E-state index in [4.69, 9.17) is 47.0 Å². The molecular weight excluding hydrogens is 577 g/mol. The van der Waals surface area contributed by atoms with Gasteiger partial charge in [0.25, 0.3) is 23.4 Å². The zero-order chi connectivity index (χ0) is 27.6. The van der Waals surface area contributed by atoms with E-state index in [1.165, 1.54) is 18.2 Å². The summed E-state index contributed by atoms with van der Waals surface area (Å²) in [6, 6.07) is 17.9. The van der Waals surface area contributed by atoms with Crippen molar-refractivity contribution in [2.45, 2.75) is 9.96 Å². The van der Waals surface area contributed by atoms with E-state index in [9.17, 15) is 24.5 Å². The normalized spacial score (nSPS) is 13.5. The topological polar surface area (TPSA) is 134 Å². The predicted molar refractivity (Wildman–Crippen MR) is 148 cm³/mol. The Hall–Kier alpha value is -3.77. The summed E-state index contributed by atoms with van der Waals surface area (Å²) in [5.41, 5.74) is 0.718. The zero-order valence-corrected chi connectivity index (χ0v) is 22.1. The number of nitrogens with zero attached hydrogens (tertiary/aromatic N) is 2. The highest BCUT2D eigenvalue weighted by atomic mass is 35.6. The first-order chi connectivity index (χ1) is 18.0. The number of non-ortho nitro benzene ring substituents is 1. The number of anilines is 2. The summed E-state index contributed by atoms with van der Waals surface area (Å²) in [6.45, 7) is 0. The van der Waals surface area contributed by atoms with Crippen molar-refractivity contribution in [3.63, 3.8) is 0 Å². The summed E-state index contributed by atoms with van der Waals surface area (Å²) in [5, 5.41) is 18.9. The fraction of sp³-hybridized carbons (Fsp3) is 0.0833. The van der Waals surface area contributed by atoms with Crippen LogP contribution in [0.3, 0.4) is 0 Å². The highest BCUT2D eigenvalue weighted by Crippen LogP contribution is 2.34. The number of imide groups is 1. The maximum atomic E-state index is 13.0. The van der Waals surface area contributed by atoms with Crippen molar-refractivity contribution in [1.29, 1.82) is 0 Å². The van der Waals surface area contributed by atoms with Crippen molar-refractivity contribution < 1.29 is 19.3 Å². The third-order valence-corrected chi connectivity index (χ3v) is 6.26. The zero-order valence-electron chi connectivity index (χ0n) is 19.0. The molecule has 38 heavy (non-hydrogen) atoms. The van der Waals surface area contributed by atoms with Crippen LogP contribution in [-0.2, 0) is 0 Å². The molecule has 0 saturated carbocycles. The number of benzene rings is 3. The number of halogens is 3. The van der Waals surface area contributed by atoms with Gasteiger partial charge in [-0.15, -0.1) is 0 Å². The van der Waals surface area contributed by atoms with E-state index in [-0.39, 0.29) is 38.9 Å². The first-order valence-corrected chi connectivity index (χ1v) is 12.3. The molecule has 4 rings (SSSR count). The SMILES string of the molecule is O=C(NC(NC(=S)Nc1ccccc1N1C(=O)c2ccccc2C1=O)C(Cl)(Cl)Cl)c1cccc([N+](=O)[O-])c1. The van der Waals surface area contributed by atoms with Crippen molar-refractivity contribution >= 4 is 86.9 Å². The van der Waals surface area contributed by atoms with Crippen LogP contribution in [0.1, 0.15) is 31.1 Å². The second kappa shape index (κ2) is 10.9. The summed E-state index contributed by atoms with van der Waals surface area (Å²) < 4.78 is -2.11. The van der Waals surface area contributed by atoms with E-state index in [2.05, 4.69) is 16.0 Å². The number of nitro benzene ring substituents is 1. The van der Waals surface area contributed by atoms with E-state index in [0.29, 0.717) is 0 Å². The van der Waals surface area contributed by atoms with Crippen LogP contribution in [0.25, 0.3) is 0 Å². The van der Waals surface area contributed by atoms with Crippen LogP contribution in [0, 0.1) is 10.1 Å². The van der Waals surface area contributed by atoms with Gasteiger partial charge in [0.2, 0.25) is 3.79 Å². The number of hydrogen-bond donors (Lipinski definition) is 3. The molecule has 10 nitrogen and oxygen atoms in total. The fourth-order valence-electron chi connectivity index (χ4n) is 3.65. The molecule has 0 saturated heterocycles. The molecule has 0 spiro atoms. The average molecular weight is 593 g/mol. The lowest BCUT2D eigenvalue weighted by Gasteiger charge is -2.28. The molecule has 1 heterocycles. The van der Waals surface area contributed by atoms with Crippen LogP contribution in [0.4, 0.5) is 17.1 Å². The smallest absolute Gasteiger partial charge is 0.270 e. The highest BCUT2D eigenvalue weighted by Gasteiger charge is 2.38. The van der Waals surface area contributed by atoms with Crippen molar-refractivity contribution in [2.24, 2.45) is 0 Å². The molecule has 1 aliphatic heterocycles. The standard InChI is InChI=1S/C24H16Cl3N5O5S/c25-24(26,27)22(29-19(33)13-6-5-7-14(12-13)32(36)37)30-23(38)28-17-10-3-4-11-18(17)31-20(34)15-8-1-2-9-16(15)21(31)35/h1-12,22H,(H,29,33)(H2,28,30,38). The molecule has 0 fully saturated rings. The molecule has 1 atom stereocenters. The van der Waals surface area contributed by atoms with Crippen LogP contribution in [0.15, 0.2) is 72.8 Å². The van der Waals surface area contributed by atoms with E-state index in [1.54, 1.807) is 48.5 Å². The minimum absolute atomic E-state index is 0.0462. The highest BCUT2D eigenvalue weighted by molar-refractivity contribution is 7.80. The molecule has 3 aromatic carbocycles. The lowest BCUT2D eigenvalue weighted by Crippen LogP contribution is -2.56. The lowest BCUT2D eigenvalue weighted by molar-refractivity contribution is -0.384. The van der Waals surface area contributed by atoms with E-state index in [0.717, 1.165) is 11.0 Å². The van der Waals surface area contributed by atoms with Gasteiger partial charge in [-0.25, -0.2) is 4.90 Å². The Morgan fingerprint density at radius 3 is 2.13 bits per heavy atom. The molecular formula is C24H16Cl3N5O5S. The summed E-state index contributed by atoms with van der Waals surface area (Å²) in [6.07, 6.45) is -1.38. The van der Waals surface area contributed by atoms with Crippen LogP contribution in [0.5, 0.6) is 0 Å². The molecule has 3 amide bonds. The maximum Gasteiger partial charge on any atom is 0.270 e.